The summed E-state index contributed by atoms with van der Waals surface area (Å²) in [7, 11) is 1.06. The van der Waals surface area contributed by atoms with Crippen LogP contribution in [0.15, 0.2) is 12.2 Å². The Kier molecular flexibility index (Phi) is 7.95. The number of ether oxygens (including phenoxy) is 1. The average molecular weight is 370 g/mol. The van der Waals surface area contributed by atoms with Gasteiger partial charge in [-0.25, -0.2) is 0 Å². The van der Waals surface area contributed by atoms with E-state index in [-0.39, 0.29) is 6.42 Å². The fraction of sp³-hybridized carbons (Fsp3) is 0.667. The maximum Gasteiger partial charge on any atom is 0.318 e. The zero-order valence-electron chi connectivity index (χ0n) is 15.0. The summed E-state index contributed by atoms with van der Waals surface area (Å²) in [5, 5.41) is 28.9. The van der Waals surface area contributed by atoms with Crippen LogP contribution in [0.5, 0.6) is 0 Å². The molecule has 0 heterocycles. The highest BCUT2D eigenvalue weighted by atomic mass is 16.5. The molecule has 0 spiro atoms. The Balaban J connectivity index is 3.14. The Morgan fingerprint density at radius 2 is 1.96 bits per heavy atom. The van der Waals surface area contributed by atoms with Crippen LogP contribution in [0.4, 0.5) is 0 Å². The van der Waals surface area contributed by atoms with E-state index in [9.17, 15) is 34.5 Å². The molecule has 1 saturated carbocycles. The van der Waals surface area contributed by atoms with Crippen LogP contribution in [0.25, 0.3) is 0 Å². The lowest BCUT2D eigenvalue weighted by Crippen LogP contribution is -2.44. The molecule has 1 rings (SSSR count). The molecule has 8 nitrogen and oxygen atoms in total. The van der Waals surface area contributed by atoms with Crippen molar-refractivity contribution in [2.45, 2.75) is 51.6 Å². The van der Waals surface area contributed by atoms with E-state index in [1.165, 1.54) is 12.2 Å². The van der Waals surface area contributed by atoms with E-state index in [4.69, 9.17) is 0 Å². The number of hydrogen-bond donors (Lipinski definition) is 3. The Bertz CT molecular complexity index is 582. The summed E-state index contributed by atoms with van der Waals surface area (Å²) in [6, 6.07) is 0. The zero-order chi connectivity index (χ0) is 19.9. The molecule has 0 aromatic heterocycles. The number of allylic oxidation sites excluding steroid dienone is 1. The SMILES string of the molecule is CCCCCC(O)C=CC1C[C@@H](C(=O)O)C(=O)[C@]1(CC(=O)OC)C(=O)O. The first-order chi connectivity index (χ1) is 12.2. The van der Waals surface area contributed by atoms with Gasteiger partial charge in [-0.2, -0.15) is 0 Å². The first-order valence-electron chi connectivity index (χ1n) is 8.64. The fourth-order valence-corrected chi connectivity index (χ4v) is 3.33. The van der Waals surface area contributed by atoms with Gasteiger partial charge in [0.15, 0.2) is 5.78 Å². The van der Waals surface area contributed by atoms with E-state index in [2.05, 4.69) is 4.74 Å². The summed E-state index contributed by atoms with van der Waals surface area (Å²) >= 11 is 0. The second-order valence-electron chi connectivity index (χ2n) is 6.57. The number of carboxylic acids is 2. The second-order valence-corrected chi connectivity index (χ2v) is 6.57. The van der Waals surface area contributed by atoms with Crippen molar-refractivity contribution >= 4 is 23.7 Å². The van der Waals surface area contributed by atoms with Crippen LogP contribution < -0.4 is 0 Å². The standard InChI is InChI=1S/C18H26O8/c1-3-4-5-6-12(19)8-7-11-9-13(16(22)23)15(21)18(11,17(24)25)10-14(20)26-2/h7-8,11-13,19H,3-6,9-10H2,1-2H3,(H,22,23)(H,24,25)/t11?,12?,13-,18-/m1/s1. The van der Waals surface area contributed by atoms with Gasteiger partial charge in [0.05, 0.1) is 19.6 Å². The van der Waals surface area contributed by atoms with Gasteiger partial charge in [-0.1, -0.05) is 38.3 Å². The summed E-state index contributed by atoms with van der Waals surface area (Å²) in [6.45, 7) is 2.02. The lowest BCUT2D eigenvalue weighted by atomic mass is 9.73. The van der Waals surface area contributed by atoms with E-state index in [0.29, 0.717) is 6.42 Å². The lowest BCUT2D eigenvalue weighted by Gasteiger charge is -2.26. The van der Waals surface area contributed by atoms with E-state index in [0.717, 1.165) is 26.4 Å². The van der Waals surface area contributed by atoms with Gasteiger partial charge in [0.25, 0.3) is 0 Å². The number of ketones is 1. The molecule has 0 aromatic carbocycles. The maximum absolute atomic E-state index is 12.6. The van der Waals surface area contributed by atoms with Crippen molar-refractivity contribution in [1.82, 2.24) is 0 Å². The van der Waals surface area contributed by atoms with Crippen LogP contribution in [0.3, 0.4) is 0 Å². The fourth-order valence-electron chi connectivity index (χ4n) is 3.33. The number of aliphatic hydroxyl groups is 1. The van der Waals surface area contributed by atoms with Crippen molar-refractivity contribution in [2.75, 3.05) is 7.11 Å². The van der Waals surface area contributed by atoms with Crippen molar-refractivity contribution in [3.05, 3.63) is 12.2 Å². The Morgan fingerprint density at radius 1 is 1.31 bits per heavy atom. The van der Waals surface area contributed by atoms with Crippen LogP contribution in [0, 0.1) is 17.3 Å². The Morgan fingerprint density at radius 3 is 2.46 bits per heavy atom. The molecular formula is C18H26O8. The first kappa shape index (κ1) is 21.8. The summed E-state index contributed by atoms with van der Waals surface area (Å²) in [5.41, 5.74) is -2.20. The molecule has 0 amide bonds. The van der Waals surface area contributed by atoms with Crippen LogP contribution >= 0.6 is 0 Å². The van der Waals surface area contributed by atoms with Gasteiger partial charge in [-0.3, -0.25) is 19.2 Å². The third-order valence-electron chi connectivity index (χ3n) is 4.88. The minimum absolute atomic E-state index is 0.240. The predicted octanol–water partition coefficient (Wildman–Crippen LogP) is 1.41. The van der Waals surface area contributed by atoms with E-state index in [1.54, 1.807) is 0 Å². The minimum Gasteiger partial charge on any atom is -0.481 e. The number of carbonyl (C=O) groups excluding carboxylic acids is 2. The quantitative estimate of drug-likeness (QED) is 0.227. The largest absolute Gasteiger partial charge is 0.481 e. The molecule has 2 unspecified atom stereocenters. The summed E-state index contributed by atoms with van der Waals surface area (Å²) in [4.78, 5) is 47.5. The average Bonchev–Trinajstić information content (AvgIpc) is 2.86. The number of carbonyl (C=O) groups is 4. The third kappa shape index (κ3) is 4.69. The number of unbranched alkanes of at least 4 members (excludes halogenated alkanes) is 2. The predicted molar refractivity (Wildman–Crippen MR) is 90.2 cm³/mol. The zero-order valence-corrected chi connectivity index (χ0v) is 15.0. The molecule has 0 bridgehead atoms. The van der Waals surface area contributed by atoms with E-state index >= 15 is 0 Å². The number of carboxylic acid groups (broad SMARTS) is 2. The van der Waals surface area contributed by atoms with Gasteiger partial charge >= 0.3 is 17.9 Å². The maximum atomic E-state index is 12.6. The lowest BCUT2D eigenvalue weighted by molar-refractivity contribution is -0.163. The number of rotatable bonds is 10. The van der Waals surface area contributed by atoms with Gasteiger partial charge in [0.2, 0.25) is 0 Å². The molecule has 1 aliphatic carbocycles. The highest BCUT2D eigenvalue weighted by Gasteiger charge is 2.62. The molecule has 4 atom stereocenters. The second kappa shape index (κ2) is 9.47. The van der Waals surface area contributed by atoms with Gasteiger partial charge in [0, 0.05) is 5.92 Å². The van der Waals surface area contributed by atoms with Gasteiger partial charge in [-0.15, -0.1) is 0 Å². The number of aliphatic hydroxyl groups excluding tert-OH is 1. The number of hydrogen-bond acceptors (Lipinski definition) is 6. The van der Waals surface area contributed by atoms with E-state index < -0.39 is 53.5 Å². The molecule has 0 radical (unpaired) electrons. The van der Waals surface area contributed by atoms with Crippen molar-refractivity contribution in [3.63, 3.8) is 0 Å². The van der Waals surface area contributed by atoms with Gasteiger partial charge in [0.1, 0.15) is 11.3 Å². The smallest absolute Gasteiger partial charge is 0.318 e. The number of aliphatic carboxylic acids is 2. The monoisotopic (exact) mass is 370 g/mol. The molecular weight excluding hydrogens is 344 g/mol. The van der Waals surface area contributed by atoms with Crippen molar-refractivity contribution in [1.29, 1.82) is 0 Å². The Hall–Kier alpha value is -2.22. The molecule has 8 heteroatoms. The van der Waals surface area contributed by atoms with Crippen LogP contribution in [-0.2, 0) is 23.9 Å². The number of esters is 1. The molecule has 3 N–H and O–H groups in total. The number of Topliss-reactive ketones (excluding diaryl/α,β-unsaturated/α-hetero) is 1. The Labute approximate surface area is 151 Å². The normalized spacial score (nSPS) is 26.8. The van der Waals surface area contributed by atoms with Gasteiger partial charge in [-0.05, 0) is 12.8 Å². The molecule has 1 fully saturated rings. The van der Waals surface area contributed by atoms with Crippen molar-refractivity contribution < 1.29 is 39.2 Å². The third-order valence-corrected chi connectivity index (χ3v) is 4.88. The molecule has 0 aromatic rings. The van der Waals surface area contributed by atoms with Gasteiger partial charge < -0.3 is 20.1 Å². The summed E-state index contributed by atoms with van der Waals surface area (Å²) < 4.78 is 4.50. The molecule has 0 aliphatic heterocycles. The minimum atomic E-state index is -2.20. The molecule has 146 valence electrons. The topological polar surface area (TPSA) is 138 Å². The van der Waals surface area contributed by atoms with Crippen LogP contribution in [0.2, 0.25) is 0 Å². The van der Waals surface area contributed by atoms with Crippen molar-refractivity contribution in [2.24, 2.45) is 17.3 Å². The molecule has 1 aliphatic rings. The highest BCUT2D eigenvalue weighted by Crippen LogP contribution is 2.47. The van der Waals surface area contributed by atoms with Crippen LogP contribution in [0.1, 0.15) is 45.4 Å². The molecule has 26 heavy (non-hydrogen) atoms. The van der Waals surface area contributed by atoms with E-state index in [1.807, 2.05) is 6.92 Å². The highest BCUT2D eigenvalue weighted by molar-refractivity contribution is 6.14. The summed E-state index contributed by atoms with van der Waals surface area (Å²) in [6.07, 6.45) is 4.11. The molecule has 0 saturated heterocycles. The van der Waals surface area contributed by atoms with Crippen LogP contribution in [-0.4, -0.2) is 52.2 Å². The number of methoxy groups -OCH3 is 1. The van der Waals surface area contributed by atoms with Crippen molar-refractivity contribution in [3.8, 4) is 0 Å². The first-order valence-corrected chi connectivity index (χ1v) is 8.64. The summed E-state index contributed by atoms with van der Waals surface area (Å²) in [5.74, 6) is -7.44.